The molecule has 0 aliphatic heterocycles. The average Bonchev–Trinajstić information content (AvgIpc) is 3.13. The van der Waals surface area contributed by atoms with E-state index in [-0.39, 0.29) is 11.9 Å². The number of carbonyl (C=O) groups excluding carboxylic acids is 1. The predicted octanol–water partition coefficient (Wildman–Crippen LogP) is 3.86. The van der Waals surface area contributed by atoms with E-state index in [4.69, 9.17) is 8.83 Å². The fraction of sp³-hybridized carbons (Fsp3) is 0.188. The molecule has 4 heteroatoms. The van der Waals surface area contributed by atoms with Gasteiger partial charge in [-0.25, -0.2) is 0 Å². The minimum absolute atomic E-state index is 0.0910. The van der Waals surface area contributed by atoms with Crippen molar-refractivity contribution in [3.8, 4) is 0 Å². The van der Waals surface area contributed by atoms with Gasteiger partial charge in [0.1, 0.15) is 17.6 Å². The molecule has 0 aliphatic carbocycles. The van der Waals surface area contributed by atoms with E-state index in [9.17, 15) is 4.79 Å². The smallest absolute Gasteiger partial charge is 0.257 e. The number of rotatable bonds is 3. The Balaban J connectivity index is 1.87. The molecule has 0 bridgehead atoms. The van der Waals surface area contributed by atoms with Crippen LogP contribution in [0.15, 0.2) is 57.8 Å². The van der Waals surface area contributed by atoms with Gasteiger partial charge in [0.15, 0.2) is 0 Å². The van der Waals surface area contributed by atoms with Gasteiger partial charge in [-0.1, -0.05) is 18.2 Å². The number of carbonyl (C=O) groups is 1. The van der Waals surface area contributed by atoms with Crippen LogP contribution in [0.5, 0.6) is 0 Å². The third kappa shape index (κ3) is 2.09. The molecule has 4 nitrogen and oxygen atoms in total. The van der Waals surface area contributed by atoms with Gasteiger partial charge in [0.2, 0.25) is 0 Å². The van der Waals surface area contributed by atoms with Gasteiger partial charge in [-0.15, -0.1) is 0 Å². The lowest BCUT2D eigenvalue weighted by Gasteiger charge is -2.22. The molecule has 20 heavy (non-hydrogen) atoms. The maximum absolute atomic E-state index is 12.3. The summed E-state index contributed by atoms with van der Waals surface area (Å²) >= 11 is 0. The molecule has 1 atom stereocenters. The van der Waals surface area contributed by atoms with Crippen LogP contribution in [0.4, 0.5) is 0 Å². The standard InChI is InChI=1S/C16H15NO3/c1-11(17(2)16(18)13-7-8-19-10-13)15-9-12-5-3-4-6-14(12)20-15/h3-11H,1-2H3. The van der Waals surface area contributed by atoms with Crippen LogP contribution in [0.1, 0.15) is 29.1 Å². The van der Waals surface area contributed by atoms with E-state index >= 15 is 0 Å². The molecule has 1 aromatic carbocycles. The van der Waals surface area contributed by atoms with Crippen LogP contribution in [-0.2, 0) is 0 Å². The van der Waals surface area contributed by atoms with Gasteiger partial charge in [-0.05, 0) is 25.1 Å². The molecule has 1 unspecified atom stereocenters. The average molecular weight is 269 g/mol. The Morgan fingerprint density at radius 1 is 1.25 bits per heavy atom. The van der Waals surface area contributed by atoms with Crippen LogP contribution in [0, 0.1) is 0 Å². The molecule has 3 aromatic rings. The number of hydrogen-bond donors (Lipinski definition) is 0. The summed E-state index contributed by atoms with van der Waals surface area (Å²) in [6, 6.07) is 11.3. The van der Waals surface area contributed by atoms with Crippen molar-refractivity contribution in [2.45, 2.75) is 13.0 Å². The molecule has 2 heterocycles. The third-order valence-electron chi connectivity index (χ3n) is 3.53. The number of fused-ring (bicyclic) bond motifs is 1. The molecule has 0 N–H and O–H groups in total. The van der Waals surface area contributed by atoms with Crippen molar-refractivity contribution >= 4 is 16.9 Å². The fourth-order valence-corrected chi connectivity index (χ4v) is 2.16. The normalized spacial score (nSPS) is 12.5. The molecule has 102 valence electrons. The summed E-state index contributed by atoms with van der Waals surface area (Å²) in [4.78, 5) is 13.9. The zero-order valence-corrected chi connectivity index (χ0v) is 11.4. The van der Waals surface area contributed by atoms with E-state index in [1.807, 2.05) is 37.3 Å². The van der Waals surface area contributed by atoms with Gasteiger partial charge in [-0.3, -0.25) is 4.79 Å². The Morgan fingerprint density at radius 3 is 2.75 bits per heavy atom. The number of nitrogens with zero attached hydrogens (tertiary/aromatic N) is 1. The molecular formula is C16H15NO3. The Kier molecular flexibility index (Phi) is 3.06. The lowest BCUT2D eigenvalue weighted by atomic mass is 10.2. The van der Waals surface area contributed by atoms with Crippen LogP contribution >= 0.6 is 0 Å². The Bertz CT molecular complexity index is 694. The molecule has 0 saturated carbocycles. The molecule has 1 amide bonds. The highest BCUT2D eigenvalue weighted by atomic mass is 16.3. The molecular weight excluding hydrogens is 254 g/mol. The van der Waals surface area contributed by atoms with Crippen molar-refractivity contribution in [1.29, 1.82) is 0 Å². The van der Waals surface area contributed by atoms with Gasteiger partial charge >= 0.3 is 0 Å². The molecule has 0 radical (unpaired) electrons. The van der Waals surface area contributed by atoms with Crippen LogP contribution < -0.4 is 0 Å². The molecule has 2 aromatic heterocycles. The summed E-state index contributed by atoms with van der Waals surface area (Å²) in [7, 11) is 1.76. The van der Waals surface area contributed by atoms with E-state index in [0.717, 1.165) is 16.7 Å². The number of benzene rings is 1. The highest BCUT2D eigenvalue weighted by molar-refractivity contribution is 5.94. The van der Waals surface area contributed by atoms with E-state index in [1.54, 1.807) is 18.0 Å². The lowest BCUT2D eigenvalue weighted by Crippen LogP contribution is -2.29. The first-order valence-electron chi connectivity index (χ1n) is 6.44. The number of para-hydroxylation sites is 1. The van der Waals surface area contributed by atoms with E-state index in [1.165, 1.54) is 12.5 Å². The summed E-state index contributed by atoms with van der Waals surface area (Å²) < 4.78 is 10.7. The topological polar surface area (TPSA) is 46.6 Å². The van der Waals surface area contributed by atoms with Crippen molar-refractivity contribution in [2.24, 2.45) is 0 Å². The van der Waals surface area contributed by atoms with Gasteiger partial charge in [0.25, 0.3) is 5.91 Å². The number of furan rings is 2. The van der Waals surface area contributed by atoms with Crippen molar-refractivity contribution in [3.63, 3.8) is 0 Å². The fourth-order valence-electron chi connectivity index (χ4n) is 2.16. The third-order valence-corrected chi connectivity index (χ3v) is 3.53. The highest BCUT2D eigenvalue weighted by Gasteiger charge is 2.22. The van der Waals surface area contributed by atoms with E-state index < -0.39 is 0 Å². The second-order valence-electron chi connectivity index (χ2n) is 4.79. The second kappa shape index (κ2) is 4.89. The summed E-state index contributed by atoms with van der Waals surface area (Å²) in [5.74, 6) is 0.678. The minimum atomic E-state index is -0.148. The van der Waals surface area contributed by atoms with Crippen LogP contribution in [0.3, 0.4) is 0 Å². The predicted molar refractivity (Wildman–Crippen MR) is 75.4 cm³/mol. The van der Waals surface area contributed by atoms with Crippen molar-refractivity contribution in [1.82, 2.24) is 4.90 Å². The van der Waals surface area contributed by atoms with Crippen molar-refractivity contribution in [2.75, 3.05) is 7.05 Å². The zero-order valence-electron chi connectivity index (χ0n) is 11.4. The van der Waals surface area contributed by atoms with Crippen LogP contribution in [0.2, 0.25) is 0 Å². The second-order valence-corrected chi connectivity index (χ2v) is 4.79. The molecule has 0 spiro atoms. The SMILES string of the molecule is CC(c1cc2ccccc2o1)N(C)C(=O)c1ccoc1. The maximum atomic E-state index is 12.3. The highest BCUT2D eigenvalue weighted by Crippen LogP contribution is 2.27. The molecule has 0 aliphatic rings. The Labute approximate surface area is 116 Å². The van der Waals surface area contributed by atoms with Crippen LogP contribution in [0.25, 0.3) is 11.0 Å². The first-order valence-corrected chi connectivity index (χ1v) is 6.44. The molecule has 3 rings (SSSR count). The largest absolute Gasteiger partial charge is 0.472 e. The number of hydrogen-bond acceptors (Lipinski definition) is 3. The summed E-state index contributed by atoms with van der Waals surface area (Å²) in [5, 5.41) is 1.04. The Hall–Kier alpha value is -2.49. The summed E-state index contributed by atoms with van der Waals surface area (Å²) in [6.45, 7) is 1.94. The van der Waals surface area contributed by atoms with Crippen molar-refractivity contribution < 1.29 is 13.6 Å². The summed E-state index contributed by atoms with van der Waals surface area (Å²) in [6.07, 6.45) is 2.94. The van der Waals surface area contributed by atoms with Crippen LogP contribution in [-0.4, -0.2) is 17.9 Å². The monoisotopic (exact) mass is 269 g/mol. The van der Waals surface area contributed by atoms with Gasteiger partial charge in [0.05, 0.1) is 17.9 Å². The molecule has 0 fully saturated rings. The van der Waals surface area contributed by atoms with Gasteiger partial charge in [-0.2, -0.15) is 0 Å². The zero-order chi connectivity index (χ0) is 14.1. The number of amides is 1. The quantitative estimate of drug-likeness (QED) is 0.725. The minimum Gasteiger partial charge on any atom is -0.472 e. The first kappa shape index (κ1) is 12.5. The lowest BCUT2D eigenvalue weighted by molar-refractivity contribution is 0.0727. The summed E-state index contributed by atoms with van der Waals surface area (Å²) in [5.41, 5.74) is 1.37. The van der Waals surface area contributed by atoms with E-state index in [2.05, 4.69) is 0 Å². The van der Waals surface area contributed by atoms with Gasteiger partial charge < -0.3 is 13.7 Å². The van der Waals surface area contributed by atoms with Gasteiger partial charge in [0, 0.05) is 12.4 Å². The Morgan fingerprint density at radius 2 is 2.05 bits per heavy atom. The van der Waals surface area contributed by atoms with Crippen molar-refractivity contribution in [3.05, 3.63) is 60.2 Å². The first-order chi connectivity index (χ1) is 9.66. The molecule has 0 saturated heterocycles. The maximum Gasteiger partial charge on any atom is 0.257 e. The van der Waals surface area contributed by atoms with E-state index in [0.29, 0.717) is 5.56 Å².